The van der Waals surface area contributed by atoms with Gasteiger partial charge in [0.15, 0.2) is 0 Å². The van der Waals surface area contributed by atoms with Gasteiger partial charge in [-0.3, -0.25) is 14.5 Å². The molecule has 164 valence electrons. The number of nitrogens with zero attached hydrogens (tertiary/aromatic N) is 4. The molecule has 1 N–H and O–H groups in total. The molecule has 6 rings (SSSR count). The number of rotatable bonds is 4. The molecule has 2 aliphatic rings. The molecule has 0 spiro atoms. The molecule has 4 heterocycles. The third kappa shape index (κ3) is 2.89. The summed E-state index contributed by atoms with van der Waals surface area (Å²) < 4.78 is 7.67. The number of pyridine rings is 1. The van der Waals surface area contributed by atoms with Crippen LogP contribution in [0.2, 0.25) is 0 Å². The van der Waals surface area contributed by atoms with Gasteiger partial charge < -0.3 is 14.4 Å². The minimum absolute atomic E-state index is 0.0675. The van der Waals surface area contributed by atoms with E-state index in [0.717, 1.165) is 39.6 Å². The van der Waals surface area contributed by atoms with E-state index >= 15 is 0 Å². The second-order valence-electron chi connectivity index (χ2n) is 9.10. The van der Waals surface area contributed by atoms with Crippen molar-refractivity contribution in [3.8, 4) is 11.3 Å². The van der Waals surface area contributed by atoms with Crippen molar-refractivity contribution in [3.05, 3.63) is 48.5 Å². The quantitative estimate of drug-likeness (QED) is 0.505. The van der Waals surface area contributed by atoms with Crippen LogP contribution in [0.25, 0.3) is 33.1 Å². The Morgan fingerprint density at radius 1 is 1.34 bits per heavy atom. The minimum atomic E-state index is -0.669. The van der Waals surface area contributed by atoms with Gasteiger partial charge in [-0.25, -0.2) is 0 Å². The second kappa shape index (κ2) is 7.08. The number of benzene rings is 1. The van der Waals surface area contributed by atoms with Crippen LogP contribution in [-0.2, 0) is 5.88 Å². The van der Waals surface area contributed by atoms with Crippen LogP contribution in [0.3, 0.4) is 0 Å². The van der Waals surface area contributed by atoms with Gasteiger partial charge in [0.25, 0.3) is 5.91 Å². The van der Waals surface area contributed by atoms with Crippen molar-refractivity contribution in [3.63, 3.8) is 0 Å². The zero-order chi connectivity index (χ0) is 22.0. The molecule has 3 aromatic heterocycles. The van der Waals surface area contributed by atoms with Crippen LogP contribution in [0.4, 0.5) is 0 Å². The van der Waals surface area contributed by atoms with E-state index in [-0.39, 0.29) is 17.9 Å². The molecule has 1 aliphatic carbocycles. The van der Waals surface area contributed by atoms with Gasteiger partial charge in [0, 0.05) is 41.0 Å². The van der Waals surface area contributed by atoms with E-state index in [9.17, 15) is 9.90 Å². The maximum Gasteiger partial charge on any atom is 0.272 e. The lowest BCUT2D eigenvalue weighted by molar-refractivity contribution is -0.0125. The number of aromatic nitrogens is 3. The van der Waals surface area contributed by atoms with Gasteiger partial charge >= 0.3 is 0 Å². The summed E-state index contributed by atoms with van der Waals surface area (Å²) in [5, 5.41) is 17.2. The Morgan fingerprint density at radius 3 is 2.94 bits per heavy atom. The summed E-state index contributed by atoms with van der Waals surface area (Å²) in [6.45, 7) is 2.47. The van der Waals surface area contributed by atoms with Crippen molar-refractivity contribution in [1.29, 1.82) is 0 Å². The first kappa shape index (κ1) is 19.8. The summed E-state index contributed by atoms with van der Waals surface area (Å²) in [4.78, 5) is 19.7. The maximum atomic E-state index is 13.3. The molecular weight excluding hydrogens is 424 g/mol. The van der Waals surface area contributed by atoms with E-state index < -0.39 is 5.60 Å². The number of thioether (sulfide) groups is 1. The Bertz CT molecular complexity index is 1360. The van der Waals surface area contributed by atoms with Crippen LogP contribution in [0.15, 0.2) is 47.2 Å². The first-order chi connectivity index (χ1) is 15.5. The Balaban J connectivity index is 1.41. The van der Waals surface area contributed by atoms with Gasteiger partial charge in [-0.15, -0.1) is 11.8 Å². The van der Waals surface area contributed by atoms with Crippen LogP contribution in [0.5, 0.6) is 0 Å². The number of furan rings is 1. The number of piperidine rings is 1. The summed E-state index contributed by atoms with van der Waals surface area (Å²) in [7, 11) is 0. The molecule has 1 aliphatic heterocycles. The van der Waals surface area contributed by atoms with E-state index in [1.54, 1.807) is 24.2 Å². The zero-order valence-electron chi connectivity index (χ0n) is 18.0. The number of carbonyl (C=O) groups is 1. The molecule has 7 nitrogen and oxygen atoms in total. The minimum Gasteiger partial charge on any atom is -0.464 e. The predicted molar refractivity (Wildman–Crippen MR) is 124 cm³/mol. The molecule has 3 atom stereocenters. The lowest BCUT2D eigenvalue weighted by Crippen LogP contribution is -2.46. The molecule has 1 amide bonds. The number of fused-ring (bicyclic) bond motifs is 4. The number of carbonyl (C=O) groups excluding carboxylic acids is 1. The Hall–Kier alpha value is -2.84. The van der Waals surface area contributed by atoms with Gasteiger partial charge in [-0.1, -0.05) is 18.2 Å². The SMILES string of the molecule is CSCn1nc(-c2coc3ccccc23)c2cnc(C(=O)N3CC4CC3CC4(C)O)cc21. The molecule has 1 saturated heterocycles. The lowest BCUT2D eigenvalue weighted by atomic mass is 9.91. The molecule has 1 aromatic carbocycles. The van der Waals surface area contributed by atoms with Crippen molar-refractivity contribution in [1.82, 2.24) is 19.7 Å². The summed E-state index contributed by atoms with van der Waals surface area (Å²) in [6, 6.07) is 9.84. The van der Waals surface area contributed by atoms with Crippen molar-refractivity contribution in [2.45, 2.75) is 37.3 Å². The van der Waals surface area contributed by atoms with E-state index in [0.29, 0.717) is 24.5 Å². The summed E-state index contributed by atoms with van der Waals surface area (Å²) in [6.07, 6.45) is 7.02. The van der Waals surface area contributed by atoms with Gasteiger partial charge in [-0.2, -0.15) is 5.10 Å². The lowest BCUT2D eigenvalue weighted by Gasteiger charge is -2.35. The molecule has 4 aromatic rings. The molecule has 8 heteroatoms. The molecule has 1 saturated carbocycles. The Kier molecular flexibility index (Phi) is 4.39. The fourth-order valence-electron chi connectivity index (χ4n) is 5.37. The number of hydrogen-bond donors (Lipinski definition) is 1. The summed E-state index contributed by atoms with van der Waals surface area (Å²) in [5.74, 6) is 0.742. The molecule has 0 radical (unpaired) electrons. The topological polar surface area (TPSA) is 84.4 Å². The average molecular weight is 449 g/mol. The zero-order valence-corrected chi connectivity index (χ0v) is 18.8. The van der Waals surface area contributed by atoms with E-state index in [1.807, 2.05) is 53.1 Å². The van der Waals surface area contributed by atoms with Crippen molar-refractivity contribution >= 4 is 39.5 Å². The molecule has 3 unspecified atom stereocenters. The Morgan fingerprint density at radius 2 is 2.19 bits per heavy atom. The van der Waals surface area contributed by atoms with Crippen molar-refractivity contribution in [2.24, 2.45) is 5.92 Å². The number of hydrogen-bond acceptors (Lipinski definition) is 6. The van der Waals surface area contributed by atoms with Gasteiger partial charge in [0.1, 0.15) is 23.2 Å². The normalized spacial score (nSPS) is 24.8. The van der Waals surface area contributed by atoms with Crippen LogP contribution in [0, 0.1) is 5.92 Å². The average Bonchev–Trinajstić information content (AvgIpc) is 3.53. The molecule has 32 heavy (non-hydrogen) atoms. The highest BCUT2D eigenvalue weighted by Crippen LogP contribution is 2.45. The van der Waals surface area contributed by atoms with Gasteiger partial charge in [0.2, 0.25) is 0 Å². The fourth-order valence-corrected chi connectivity index (χ4v) is 5.81. The third-order valence-corrected chi connectivity index (χ3v) is 7.55. The Labute approximate surface area is 189 Å². The van der Waals surface area contributed by atoms with Crippen molar-refractivity contribution < 1.29 is 14.3 Å². The number of amides is 1. The van der Waals surface area contributed by atoms with Crippen LogP contribution >= 0.6 is 11.8 Å². The predicted octanol–water partition coefficient (Wildman–Crippen LogP) is 4.15. The summed E-state index contributed by atoms with van der Waals surface area (Å²) in [5.41, 5.74) is 3.18. The highest BCUT2D eigenvalue weighted by atomic mass is 32.2. The maximum absolute atomic E-state index is 13.3. The molecule has 2 fully saturated rings. The number of likely N-dealkylation sites (tertiary alicyclic amines) is 1. The standard InChI is InChI=1S/C24H24N4O3S/c1-24(30)9-15-7-14(24)11-27(15)23(29)19-8-20-17(10-25-19)22(26-28(20)13-32-2)18-12-31-21-6-4-3-5-16(18)21/h3-6,8,10,12,14-15,30H,7,9,11,13H2,1-2H3. The van der Waals surface area contributed by atoms with E-state index in [4.69, 9.17) is 9.52 Å². The first-order valence-electron chi connectivity index (χ1n) is 10.8. The van der Waals surface area contributed by atoms with Gasteiger partial charge in [0.05, 0.1) is 17.0 Å². The van der Waals surface area contributed by atoms with Crippen LogP contribution < -0.4 is 0 Å². The summed E-state index contributed by atoms with van der Waals surface area (Å²) >= 11 is 1.67. The third-order valence-electron chi connectivity index (χ3n) is 7.05. The number of aliphatic hydroxyl groups is 1. The van der Waals surface area contributed by atoms with Crippen molar-refractivity contribution in [2.75, 3.05) is 12.8 Å². The molecule has 2 bridgehead atoms. The fraction of sp³-hybridized carbons (Fsp3) is 0.375. The van der Waals surface area contributed by atoms with Crippen LogP contribution in [-0.4, -0.2) is 55.1 Å². The van der Waals surface area contributed by atoms with E-state index in [1.165, 1.54) is 0 Å². The smallest absolute Gasteiger partial charge is 0.272 e. The monoisotopic (exact) mass is 448 g/mol. The molecular formula is C24H24N4O3S. The highest BCUT2D eigenvalue weighted by Gasteiger charge is 2.52. The second-order valence-corrected chi connectivity index (χ2v) is 9.94. The highest BCUT2D eigenvalue weighted by molar-refractivity contribution is 7.97. The number of para-hydroxylation sites is 1. The first-order valence-corrected chi connectivity index (χ1v) is 12.2. The van der Waals surface area contributed by atoms with Gasteiger partial charge in [-0.05, 0) is 38.2 Å². The van der Waals surface area contributed by atoms with Crippen LogP contribution in [0.1, 0.15) is 30.3 Å². The van der Waals surface area contributed by atoms with E-state index in [2.05, 4.69) is 4.98 Å². The largest absolute Gasteiger partial charge is 0.464 e.